The number of hydrogen-bond acceptors (Lipinski definition) is 6. The topological polar surface area (TPSA) is 111 Å². The van der Waals surface area contributed by atoms with Crippen LogP contribution in [0.1, 0.15) is 31.1 Å². The van der Waals surface area contributed by atoms with E-state index in [4.69, 9.17) is 5.73 Å². The molecular weight excluding hydrogens is 338 g/mol. The molecule has 1 atom stereocenters. The number of anilines is 1. The van der Waals surface area contributed by atoms with Crippen LogP contribution in [0.15, 0.2) is 9.59 Å². The third-order valence-electron chi connectivity index (χ3n) is 5.00. The Morgan fingerprint density at radius 2 is 1.50 bits per heavy atom. The number of nitrogen functional groups attached to an aromatic ring is 1. The molecule has 1 aliphatic heterocycles. The summed E-state index contributed by atoms with van der Waals surface area (Å²) in [4.78, 5) is 53.0. The summed E-state index contributed by atoms with van der Waals surface area (Å²) in [5.74, 6) is -0.500. The molecule has 0 radical (unpaired) electrons. The van der Waals surface area contributed by atoms with Gasteiger partial charge in [-0.2, -0.15) is 0 Å². The van der Waals surface area contributed by atoms with Gasteiger partial charge in [-0.15, -0.1) is 0 Å². The van der Waals surface area contributed by atoms with E-state index in [9.17, 15) is 19.2 Å². The van der Waals surface area contributed by atoms with Crippen LogP contribution in [-0.2, 0) is 18.9 Å². The molecule has 2 heterocycles. The Morgan fingerprint density at radius 1 is 0.962 bits per heavy atom. The fourth-order valence-corrected chi connectivity index (χ4v) is 3.16. The van der Waals surface area contributed by atoms with Crippen molar-refractivity contribution in [1.82, 2.24) is 18.9 Å². The number of aromatic nitrogens is 2. The van der Waals surface area contributed by atoms with Gasteiger partial charge >= 0.3 is 5.69 Å². The average Bonchev–Trinajstić information content (AvgIpc) is 2.63. The SMILES string of the molecule is CC(C)C(=O)N1CCN(C(C)C(=O)c2c(N)n(C)c(=O)n(C)c2=O)CC1. The number of carbonyl (C=O) groups excluding carboxylic acids is 2. The fourth-order valence-electron chi connectivity index (χ4n) is 3.16. The molecule has 0 saturated carbocycles. The van der Waals surface area contributed by atoms with Crippen LogP contribution in [0.4, 0.5) is 5.82 Å². The van der Waals surface area contributed by atoms with Gasteiger partial charge in [-0.25, -0.2) is 4.79 Å². The van der Waals surface area contributed by atoms with Crippen molar-refractivity contribution in [3.05, 3.63) is 26.4 Å². The number of ketones is 1. The summed E-state index contributed by atoms with van der Waals surface area (Å²) in [6.45, 7) is 7.59. The monoisotopic (exact) mass is 365 g/mol. The van der Waals surface area contributed by atoms with E-state index in [1.54, 1.807) is 11.8 Å². The van der Waals surface area contributed by atoms with Crippen molar-refractivity contribution in [2.75, 3.05) is 31.9 Å². The van der Waals surface area contributed by atoms with E-state index in [-0.39, 0.29) is 23.2 Å². The van der Waals surface area contributed by atoms with Gasteiger partial charge < -0.3 is 10.6 Å². The van der Waals surface area contributed by atoms with Crippen molar-refractivity contribution in [3.63, 3.8) is 0 Å². The molecule has 1 aromatic heterocycles. The van der Waals surface area contributed by atoms with Crippen LogP contribution in [0.3, 0.4) is 0 Å². The number of piperazine rings is 1. The second-order valence-corrected chi connectivity index (χ2v) is 7.02. The number of hydrogen-bond donors (Lipinski definition) is 1. The van der Waals surface area contributed by atoms with Crippen molar-refractivity contribution in [3.8, 4) is 0 Å². The highest BCUT2D eigenvalue weighted by Gasteiger charge is 2.31. The van der Waals surface area contributed by atoms with Crippen molar-refractivity contribution in [1.29, 1.82) is 0 Å². The van der Waals surface area contributed by atoms with Crippen LogP contribution in [0.25, 0.3) is 0 Å². The van der Waals surface area contributed by atoms with Crippen molar-refractivity contribution >= 4 is 17.5 Å². The van der Waals surface area contributed by atoms with Crippen LogP contribution < -0.4 is 17.0 Å². The third-order valence-corrected chi connectivity index (χ3v) is 5.00. The molecule has 2 N–H and O–H groups in total. The maximum absolute atomic E-state index is 12.9. The molecule has 0 bridgehead atoms. The molecule has 144 valence electrons. The van der Waals surface area contributed by atoms with Gasteiger partial charge in [0.15, 0.2) is 5.78 Å². The minimum Gasteiger partial charge on any atom is -0.384 e. The Kier molecular flexibility index (Phi) is 5.70. The molecule has 1 amide bonds. The van der Waals surface area contributed by atoms with Crippen LogP contribution in [0.5, 0.6) is 0 Å². The lowest BCUT2D eigenvalue weighted by Gasteiger charge is -2.38. The molecule has 1 saturated heterocycles. The Balaban J connectivity index is 2.21. The van der Waals surface area contributed by atoms with Gasteiger partial charge in [-0.3, -0.25) is 28.4 Å². The van der Waals surface area contributed by atoms with Gasteiger partial charge in [0, 0.05) is 46.2 Å². The van der Waals surface area contributed by atoms with Crippen LogP contribution in [0, 0.1) is 5.92 Å². The van der Waals surface area contributed by atoms with E-state index in [1.807, 2.05) is 18.7 Å². The van der Waals surface area contributed by atoms with Gasteiger partial charge in [0.25, 0.3) is 5.56 Å². The molecule has 1 fully saturated rings. The van der Waals surface area contributed by atoms with E-state index < -0.39 is 23.1 Å². The van der Waals surface area contributed by atoms with Gasteiger partial charge in [0.2, 0.25) is 5.91 Å². The predicted octanol–water partition coefficient (Wildman–Crippen LogP) is -0.962. The number of rotatable bonds is 4. The first-order valence-corrected chi connectivity index (χ1v) is 8.70. The third kappa shape index (κ3) is 3.44. The number of nitrogens with zero attached hydrogens (tertiary/aromatic N) is 4. The molecule has 0 aliphatic carbocycles. The van der Waals surface area contributed by atoms with Gasteiger partial charge in [0.1, 0.15) is 11.4 Å². The quantitative estimate of drug-likeness (QED) is 0.688. The molecular formula is C17H27N5O4. The van der Waals surface area contributed by atoms with E-state index in [0.717, 1.165) is 9.13 Å². The average molecular weight is 365 g/mol. The van der Waals surface area contributed by atoms with Crippen molar-refractivity contribution < 1.29 is 9.59 Å². The smallest absolute Gasteiger partial charge is 0.332 e. The molecule has 0 aromatic carbocycles. The fraction of sp³-hybridized carbons (Fsp3) is 0.647. The zero-order valence-corrected chi connectivity index (χ0v) is 16.0. The lowest BCUT2D eigenvalue weighted by molar-refractivity contribution is -0.136. The minimum absolute atomic E-state index is 0.0611. The van der Waals surface area contributed by atoms with Crippen LogP contribution in [-0.4, -0.2) is 62.8 Å². The molecule has 2 rings (SSSR count). The molecule has 9 nitrogen and oxygen atoms in total. The number of nitrogens with two attached hydrogens (primary N) is 1. The van der Waals surface area contributed by atoms with E-state index >= 15 is 0 Å². The van der Waals surface area contributed by atoms with Crippen LogP contribution >= 0.6 is 0 Å². The number of carbonyl (C=O) groups is 2. The normalized spacial score (nSPS) is 16.8. The van der Waals surface area contributed by atoms with Gasteiger partial charge in [-0.05, 0) is 6.92 Å². The minimum atomic E-state index is -0.684. The Hall–Kier alpha value is -2.42. The standard InChI is InChI=1S/C17H27N5O4/c1-10(2)15(24)22-8-6-21(7-9-22)11(3)13(23)12-14(18)19(4)17(26)20(5)16(12)25/h10-11H,6-9,18H2,1-5H3. The summed E-state index contributed by atoms with van der Waals surface area (Å²) in [5, 5.41) is 0. The highest BCUT2D eigenvalue weighted by molar-refractivity contribution is 6.03. The second kappa shape index (κ2) is 7.45. The summed E-state index contributed by atoms with van der Waals surface area (Å²) in [6.07, 6.45) is 0. The zero-order valence-electron chi connectivity index (χ0n) is 16.0. The molecule has 1 aromatic rings. The first-order chi connectivity index (χ1) is 12.1. The first-order valence-electron chi connectivity index (χ1n) is 8.70. The molecule has 1 unspecified atom stereocenters. The van der Waals surface area contributed by atoms with E-state index in [0.29, 0.717) is 26.2 Å². The summed E-state index contributed by atoms with van der Waals surface area (Å²) < 4.78 is 1.98. The summed E-state index contributed by atoms with van der Waals surface area (Å²) in [5.41, 5.74) is 4.45. The summed E-state index contributed by atoms with van der Waals surface area (Å²) in [6, 6.07) is -0.571. The first kappa shape index (κ1) is 19.9. The van der Waals surface area contributed by atoms with E-state index in [2.05, 4.69) is 0 Å². The van der Waals surface area contributed by atoms with Gasteiger partial charge in [0.05, 0.1) is 6.04 Å². The lowest BCUT2D eigenvalue weighted by atomic mass is 10.0. The van der Waals surface area contributed by atoms with Crippen molar-refractivity contribution in [2.24, 2.45) is 20.0 Å². The molecule has 0 spiro atoms. The highest BCUT2D eigenvalue weighted by Crippen LogP contribution is 2.14. The summed E-state index contributed by atoms with van der Waals surface area (Å²) in [7, 11) is 2.75. The number of Topliss-reactive ketones (excluding diaryl/α,β-unsaturated/α-hetero) is 1. The Labute approximate surface area is 152 Å². The highest BCUT2D eigenvalue weighted by atomic mass is 16.2. The van der Waals surface area contributed by atoms with Crippen molar-refractivity contribution in [2.45, 2.75) is 26.8 Å². The van der Waals surface area contributed by atoms with Gasteiger partial charge in [-0.1, -0.05) is 13.8 Å². The maximum atomic E-state index is 12.9. The van der Waals surface area contributed by atoms with E-state index in [1.165, 1.54) is 14.1 Å². The lowest BCUT2D eigenvalue weighted by Crippen LogP contribution is -2.54. The Morgan fingerprint density at radius 3 is 2.00 bits per heavy atom. The maximum Gasteiger partial charge on any atom is 0.332 e. The molecule has 26 heavy (non-hydrogen) atoms. The van der Waals surface area contributed by atoms with Crippen LogP contribution in [0.2, 0.25) is 0 Å². The molecule has 9 heteroatoms. The zero-order chi connectivity index (χ0) is 19.8. The molecule has 1 aliphatic rings. The number of amides is 1. The Bertz CT molecular complexity index is 831. The predicted molar refractivity (Wildman–Crippen MR) is 98.1 cm³/mol. The summed E-state index contributed by atoms with van der Waals surface area (Å²) >= 11 is 0. The largest absolute Gasteiger partial charge is 0.384 e. The second-order valence-electron chi connectivity index (χ2n) is 7.02.